The lowest BCUT2D eigenvalue weighted by Crippen LogP contribution is -2.54. The predicted octanol–water partition coefficient (Wildman–Crippen LogP) is 3.06. The average Bonchev–Trinajstić information content (AvgIpc) is 3.77. The molecule has 1 aromatic heterocycles. The summed E-state index contributed by atoms with van der Waals surface area (Å²) in [4.78, 5) is 88.3. The summed E-state index contributed by atoms with van der Waals surface area (Å²) in [6.07, 6.45) is 3.45. The number of amides is 6. The van der Waals surface area contributed by atoms with Crippen molar-refractivity contribution in [3.05, 3.63) is 83.9 Å². The zero-order chi connectivity index (χ0) is 47.8. The fourth-order valence-electron chi connectivity index (χ4n) is 10.7. The molecule has 7 heterocycles. The van der Waals surface area contributed by atoms with Gasteiger partial charge in [-0.2, -0.15) is 0 Å². The molecule has 360 valence electrons. The van der Waals surface area contributed by atoms with E-state index in [0.717, 1.165) is 67.6 Å². The molecule has 3 atom stereocenters. The molecule has 5 fully saturated rings. The van der Waals surface area contributed by atoms with Gasteiger partial charge in [-0.25, -0.2) is 0 Å². The monoisotopic (exact) mass is 940 g/mol. The van der Waals surface area contributed by atoms with Crippen molar-refractivity contribution in [1.82, 2.24) is 35.1 Å². The van der Waals surface area contributed by atoms with E-state index < -0.39 is 29.7 Å². The first-order chi connectivity index (χ1) is 33.5. The van der Waals surface area contributed by atoms with E-state index in [1.165, 1.54) is 12.1 Å². The normalized spacial score (nSPS) is 22.0. The molecule has 19 heteroatoms. The van der Waals surface area contributed by atoms with E-state index >= 15 is 0 Å². The summed E-state index contributed by atoms with van der Waals surface area (Å²) < 4.78 is 12.5. The Morgan fingerprint density at radius 1 is 0.725 bits per heavy atom. The van der Waals surface area contributed by atoms with Gasteiger partial charge in [-0.3, -0.25) is 43.9 Å². The van der Waals surface area contributed by atoms with Gasteiger partial charge in [-0.15, -0.1) is 10.2 Å². The molecular weight excluding hydrogens is 885 g/mol. The molecular formula is C50H56N10O9. The summed E-state index contributed by atoms with van der Waals surface area (Å²) in [7, 11) is 0. The Bertz CT molecular complexity index is 2650. The van der Waals surface area contributed by atoms with E-state index in [-0.39, 0.29) is 72.6 Å². The number of para-hydroxylation sites is 1. The van der Waals surface area contributed by atoms with Crippen molar-refractivity contribution in [1.29, 1.82) is 0 Å². The molecule has 19 nitrogen and oxygen atoms in total. The molecule has 0 spiro atoms. The van der Waals surface area contributed by atoms with Crippen molar-refractivity contribution >= 4 is 52.6 Å². The number of nitrogens with one attached hydrogen (secondary N) is 1. The number of piperidine rings is 2. The number of aromatic hydroxyl groups is 1. The first-order valence-corrected chi connectivity index (χ1v) is 24.0. The Kier molecular flexibility index (Phi) is 12.8. The van der Waals surface area contributed by atoms with E-state index in [0.29, 0.717) is 68.5 Å². The number of ether oxygens (including phenoxy) is 2. The second kappa shape index (κ2) is 19.4. The lowest BCUT2D eigenvalue weighted by molar-refractivity contribution is -0.138. The summed E-state index contributed by atoms with van der Waals surface area (Å²) in [5.41, 5.74) is 9.86. The summed E-state index contributed by atoms with van der Waals surface area (Å²) in [6.45, 7) is 6.39. The first-order valence-electron chi connectivity index (χ1n) is 24.0. The number of hydrogen-bond acceptors (Lipinski definition) is 15. The van der Waals surface area contributed by atoms with Gasteiger partial charge in [0.15, 0.2) is 5.82 Å². The van der Waals surface area contributed by atoms with Gasteiger partial charge in [0, 0.05) is 120 Å². The molecule has 0 radical (unpaired) electrons. The van der Waals surface area contributed by atoms with Crippen molar-refractivity contribution in [3.8, 4) is 28.5 Å². The number of imide groups is 2. The van der Waals surface area contributed by atoms with Gasteiger partial charge in [0.05, 0.1) is 22.5 Å². The van der Waals surface area contributed by atoms with E-state index in [2.05, 4.69) is 42.3 Å². The molecule has 2 bridgehead atoms. The minimum Gasteiger partial charge on any atom is -0.507 e. The Hall–Kier alpha value is -7.28. The molecule has 5 saturated heterocycles. The molecule has 3 aromatic carbocycles. The van der Waals surface area contributed by atoms with Crippen LogP contribution in [-0.2, 0) is 19.2 Å². The van der Waals surface area contributed by atoms with Crippen LogP contribution < -0.4 is 30.3 Å². The standard InChI is InChI=1S/C50H56N10O9/c51-47-42(28-40(53-54-47)38-6-1-2-7-43(38)61)58-29-32-8-9-33(30-58)59(32)31-4-3-5-35(26-31)68-25-24-55-20-22-57(23-21-55)46(64)15-14-45(63)56-18-16-34(17-19-56)69-36-10-11-37-39(27-36)50(67)60(49(37)66)41-12-13-44(62)52-48(41)65/h1-7,10-11,26-28,32-34,41,61H,8-9,12-25,29-30H2,(H2,51,54)(H,52,62,65). The number of likely N-dealkylation sites (tertiary alicyclic amines) is 1. The second-order valence-corrected chi connectivity index (χ2v) is 18.6. The summed E-state index contributed by atoms with van der Waals surface area (Å²) in [5.74, 6) is -0.611. The zero-order valence-electron chi connectivity index (χ0n) is 38.3. The lowest BCUT2D eigenvalue weighted by Gasteiger charge is -2.43. The third-order valence-electron chi connectivity index (χ3n) is 14.4. The van der Waals surface area contributed by atoms with Crippen molar-refractivity contribution in [2.45, 2.75) is 75.6 Å². The number of nitrogens with two attached hydrogens (primary N) is 1. The SMILES string of the molecule is Nc1nnc(-c2ccccc2O)cc1N1CC2CCC(C1)N2c1cccc(OCCN2CCN(C(=O)CCC(=O)N3CCC(Oc4ccc5c(c4)C(=O)N(C4CCC(=O)NC4=O)C5=O)CC3)CC2)c1. The average molecular weight is 941 g/mol. The molecule has 4 N–H and O–H groups in total. The number of benzene rings is 3. The Morgan fingerprint density at radius 3 is 2.16 bits per heavy atom. The molecule has 3 unspecified atom stereocenters. The number of fused-ring (bicyclic) bond motifs is 3. The maximum Gasteiger partial charge on any atom is 0.262 e. The molecule has 10 rings (SSSR count). The van der Waals surface area contributed by atoms with Gasteiger partial charge in [0.1, 0.15) is 36.0 Å². The van der Waals surface area contributed by atoms with Gasteiger partial charge in [0.2, 0.25) is 23.6 Å². The Balaban J connectivity index is 0.629. The third kappa shape index (κ3) is 9.47. The van der Waals surface area contributed by atoms with Crippen LogP contribution in [0, 0.1) is 0 Å². The molecule has 0 aliphatic carbocycles. The Labute approximate surface area is 399 Å². The number of aromatic nitrogens is 2. The van der Waals surface area contributed by atoms with E-state index in [1.807, 2.05) is 35.2 Å². The quantitative estimate of drug-likeness (QED) is 0.164. The van der Waals surface area contributed by atoms with Crippen molar-refractivity contribution in [2.24, 2.45) is 0 Å². The van der Waals surface area contributed by atoms with Crippen molar-refractivity contribution < 1.29 is 43.3 Å². The summed E-state index contributed by atoms with van der Waals surface area (Å²) in [5, 5.41) is 21.1. The smallest absolute Gasteiger partial charge is 0.262 e. The van der Waals surface area contributed by atoms with Crippen LogP contribution in [0.1, 0.15) is 72.1 Å². The van der Waals surface area contributed by atoms with Crippen LogP contribution >= 0.6 is 0 Å². The zero-order valence-corrected chi connectivity index (χ0v) is 38.3. The van der Waals surface area contributed by atoms with Gasteiger partial charge < -0.3 is 39.9 Å². The number of nitrogens with zero attached hydrogens (tertiary/aromatic N) is 8. The van der Waals surface area contributed by atoms with Gasteiger partial charge in [0.25, 0.3) is 11.8 Å². The largest absolute Gasteiger partial charge is 0.507 e. The molecule has 6 aliphatic heterocycles. The highest BCUT2D eigenvalue weighted by Gasteiger charge is 2.45. The number of carbonyl (C=O) groups excluding carboxylic acids is 6. The second-order valence-electron chi connectivity index (χ2n) is 18.6. The van der Waals surface area contributed by atoms with E-state index in [4.69, 9.17) is 15.2 Å². The van der Waals surface area contributed by atoms with Crippen LogP contribution in [-0.4, -0.2) is 160 Å². The van der Waals surface area contributed by atoms with Crippen LogP contribution in [0.3, 0.4) is 0 Å². The van der Waals surface area contributed by atoms with Crippen LogP contribution in [0.5, 0.6) is 17.2 Å². The highest BCUT2D eigenvalue weighted by atomic mass is 16.5. The van der Waals surface area contributed by atoms with Crippen molar-refractivity contribution in [2.75, 3.05) is 81.0 Å². The number of nitrogen functional groups attached to an aromatic ring is 1. The van der Waals surface area contributed by atoms with Crippen LogP contribution in [0.15, 0.2) is 72.8 Å². The molecule has 6 aliphatic rings. The number of phenolic OH excluding ortho intramolecular Hbond substituents is 1. The lowest BCUT2D eigenvalue weighted by atomic mass is 10.0. The number of phenols is 1. The van der Waals surface area contributed by atoms with Crippen molar-refractivity contribution in [3.63, 3.8) is 0 Å². The third-order valence-corrected chi connectivity index (χ3v) is 14.4. The van der Waals surface area contributed by atoms with Gasteiger partial charge >= 0.3 is 0 Å². The van der Waals surface area contributed by atoms with E-state index in [1.54, 1.807) is 23.1 Å². The number of anilines is 3. The summed E-state index contributed by atoms with van der Waals surface area (Å²) >= 11 is 0. The van der Waals surface area contributed by atoms with Gasteiger partial charge in [-0.05, 0) is 67.8 Å². The number of hydrogen-bond donors (Lipinski definition) is 3. The fourth-order valence-corrected chi connectivity index (χ4v) is 10.7. The highest BCUT2D eigenvalue weighted by molar-refractivity contribution is 6.23. The maximum absolute atomic E-state index is 13.2. The predicted molar refractivity (Wildman–Crippen MR) is 253 cm³/mol. The molecule has 6 amide bonds. The van der Waals surface area contributed by atoms with Gasteiger partial charge in [-0.1, -0.05) is 18.2 Å². The Morgan fingerprint density at radius 2 is 1.43 bits per heavy atom. The highest BCUT2D eigenvalue weighted by Crippen LogP contribution is 2.40. The minimum absolute atomic E-state index is 0.0250. The van der Waals surface area contributed by atoms with E-state index in [9.17, 15) is 33.9 Å². The van der Waals surface area contributed by atoms with Crippen LogP contribution in [0.4, 0.5) is 17.2 Å². The van der Waals surface area contributed by atoms with Crippen LogP contribution in [0.25, 0.3) is 11.3 Å². The minimum atomic E-state index is -1.04. The molecule has 4 aromatic rings. The van der Waals surface area contributed by atoms with Crippen LogP contribution in [0.2, 0.25) is 0 Å². The number of carbonyl (C=O) groups is 6. The topological polar surface area (TPSA) is 224 Å². The number of rotatable bonds is 13. The number of piperazine rings is 2. The molecule has 69 heavy (non-hydrogen) atoms. The fraction of sp³-hybridized carbons (Fsp3) is 0.440. The molecule has 0 saturated carbocycles. The first kappa shape index (κ1) is 45.5. The summed E-state index contributed by atoms with van der Waals surface area (Å²) in [6, 6.07) is 21.5. The maximum atomic E-state index is 13.2.